The Morgan fingerprint density at radius 3 is 2.38 bits per heavy atom. The van der Waals surface area contributed by atoms with Gasteiger partial charge in [0.2, 0.25) is 15.0 Å². The normalized spacial score (nSPS) is 11.9. The van der Waals surface area contributed by atoms with Crippen LogP contribution in [0.1, 0.15) is 12.5 Å². The highest BCUT2D eigenvalue weighted by atomic mass is 32.2. The van der Waals surface area contributed by atoms with Crippen molar-refractivity contribution >= 4 is 20.9 Å². The standard InChI is InChI=1S/C16H16N2O2S/c1-2-18-15-11-7-6-10-14(15)17-16(18)21(19,20)12-13-8-4-3-5-9-13/h3-11H,2,12H2,1H3. The van der Waals surface area contributed by atoms with Crippen molar-refractivity contribution in [1.29, 1.82) is 0 Å². The number of benzene rings is 2. The van der Waals surface area contributed by atoms with Crippen molar-refractivity contribution in [2.24, 2.45) is 0 Å². The number of para-hydroxylation sites is 2. The summed E-state index contributed by atoms with van der Waals surface area (Å²) in [5.41, 5.74) is 2.34. The van der Waals surface area contributed by atoms with Crippen LogP contribution >= 0.6 is 0 Å². The predicted molar refractivity (Wildman–Crippen MR) is 82.7 cm³/mol. The summed E-state index contributed by atoms with van der Waals surface area (Å²) in [6.07, 6.45) is 0. The fourth-order valence-electron chi connectivity index (χ4n) is 2.45. The Morgan fingerprint density at radius 1 is 1.00 bits per heavy atom. The summed E-state index contributed by atoms with van der Waals surface area (Å²) in [6.45, 7) is 2.50. The second kappa shape index (κ2) is 5.33. The first-order valence-electron chi connectivity index (χ1n) is 6.84. The van der Waals surface area contributed by atoms with Crippen LogP contribution < -0.4 is 0 Å². The Morgan fingerprint density at radius 2 is 1.67 bits per heavy atom. The van der Waals surface area contributed by atoms with Gasteiger partial charge in [-0.3, -0.25) is 0 Å². The summed E-state index contributed by atoms with van der Waals surface area (Å²) in [5.74, 6) is -0.0306. The third-order valence-electron chi connectivity index (χ3n) is 3.41. The lowest BCUT2D eigenvalue weighted by molar-refractivity contribution is 0.571. The molecule has 21 heavy (non-hydrogen) atoms. The first kappa shape index (κ1) is 13.8. The van der Waals surface area contributed by atoms with Crippen molar-refractivity contribution in [3.05, 3.63) is 60.2 Å². The molecule has 0 N–H and O–H groups in total. The molecule has 0 aliphatic heterocycles. The third-order valence-corrected chi connectivity index (χ3v) is 4.99. The lowest BCUT2D eigenvalue weighted by Crippen LogP contribution is -2.12. The number of sulfone groups is 1. The van der Waals surface area contributed by atoms with Crippen LogP contribution in [0.15, 0.2) is 59.8 Å². The molecule has 0 bridgehead atoms. The SMILES string of the molecule is CCn1c(S(=O)(=O)Cc2ccccc2)nc2ccccc21. The molecule has 0 saturated heterocycles. The van der Waals surface area contributed by atoms with Gasteiger partial charge in [-0.15, -0.1) is 0 Å². The molecule has 4 nitrogen and oxygen atoms in total. The van der Waals surface area contributed by atoms with Crippen LogP contribution in [0.4, 0.5) is 0 Å². The second-order valence-electron chi connectivity index (χ2n) is 4.87. The van der Waals surface area contributed by atoms with Crippen molar-refractivity contribution in [2.75, 3.05) is 0 Å². The van der Waals surface area contributed by atoms with Crippen molar-refractivity contribution < 1.29 is 8.42 Å². The summed E-state index contributed by atoms with van der Waals surface area (Å²) in [5, 5.41) is 0.148. The molecule has 0 aliphatic rings. The van der Waals surface area contributed by atoms with E-state index in [9.17, 15) is 8.42 Å². The summed E-state index contributed by atoms with van der Waals surface area (Å²) in [7, 11) is -3.47. The minimum atomic E-state index is -3.47. The average Bonchev–Trinajstić information content (AvgIpc) is 2.87. The van der Waals surface area contributed by atoms with Crippen LogP contribution in [0.25, 0.3) is 11.0 Å². The van der Waals surface area contributed by atoms with Crippen molar-refractivity contribution in [3.63, 3.8) is 0 Å². The molecule has 0 atom stereocenters. The van der Waals surface area contributed by atoms with Crippen LogP contribution in [0.2, 0.25) is 0 Å². The number of nitrogens with zero attached hydrogens (tertiary/aromatic N) is 2. The molecule has 1 heterocycles. The Bertz CT molecular complexity index is 868. The topological polar surface area (TPSA) is 52.0 Å². The van der Waals surface area contributed by atoms with Crippen LogP contribution in [-0.2, 0) is 22.1 Å². The van der Waals surface area contributed by atoms with E-state index in [0.29, 0.717) is 12.1 Å². The van der Waals surface area contributed by atoms with Gasteiger partial charge in [-0.05, 0) is 24.6 Å². The van der Waals surface area contributed by atoms with Gasteiger partial charge in [-0.1, -0.05) is 42.5 Å². The van der Waals surface area contributed by atoms with Gasteiger partial charge in [-0.2, -0.15) is 0 Å². The van der Waals surface area contributed by atoms with E-state index in [1.807, 2.05) is 61.5 Å². The monoisotopic (exact) mass is 300 g/mol. The number of rotatable bonds is 4. The van der Waals surface area contributed by atoms with E-state index in [0.717, 1.165) is 11.1 Å². The fourth-order valence-corrected chi connectivity index (χ4v) is 4.02. The molecule has 1 aromatic heterocycles. The van der Waals surface area contributed by atoms with Gasteiger partial charge in [0.25, 0.3) is 0 Å². The maximum atomic E-state index is 12.7. The minimum Gasteiger partial charge on any atom is -0.315 e. The van der Waals surface area contributed by atoms with Gasteiger partial charge in [-0.25, -0.2) is 13.4 Å². The highest BCUT2D eigenvalue weighted by molar-refractivity contribution is 7.90. The summed E-state index contributed by atoms with van der Waals surface area (Å²) >= 11 is 0. The molecular weight excluding hydrogens is 284 g/mol. The maximum absolute atomic E-state index is 12.7. The highest BCUT2D eigenvalue weighted by Crippen LogP contribution is 2.22. The lowest BCUT2D eigenvalue weighted by Gasteiger charge is -2.07. The van der Waals surface area contributed by atoms with E-state index in [4.69, 9.17) is 0 Å². The average molecular weight is 300 g/mol. The molecule has 0 fully saturated rings. The van der Waals surface area contributed by atoms with Gasteiger partial charge in [0.05, 0.1) is 16.8 Å². The Labute approximate surface area is 124 Å². The van der Waals surface area contributed by atoms with Crippen LogP contribution in [0.5, 0.6) is 0 Å². The smallest absolute Gasteiger partial charge is 0.229 e. The quantitative estimate of drug-likeness (QED) is 0.744. The number of hydrogen-bond donors (Lipinski definition) is 0. The zero-order chi connectivity index (χ0) is 14.9. The molecule has 108 valence electrons. The number of aromatic nitrogens is 2. The van der Waals surface area contributed by atoms with Crippen LogP contribution in [0.3, 0.4) is 0 Å². The van der Waals surface area contributed by atoms with Crippen LogP contribution in [-0.4, -0.2) is 18.0 Å². The van der Waals surface area contributed by atoms with Crippen molar-refractivity contribution in [1.82, 2.24) is 9.55 Å². The molecule has 0 aliphatic carbocycles. The molecule has 0 saturated carbocycles. The summed E-state index contributed by atoms with van der Waals surface area (Å²) in [4.78, 5) is 4.33. The van der Waals surface area contributed by atoms with Gasteiger partial charge in [0.15, 0.2) is 0 Å². The molecule has 0 unspecified atom stereocenters. The molecule has 0 spiro atoms. The third kappa shape index (κ3) is 2.56. The Kier molecular flexibility index (Phi) is 3.51. The van der Waals surface area contributed by atoms with E-state index in [1.165, 1.54) is 0 Å². The van der Waals surface area contributed by atoms with Gasteiger partial charge in [0, 0.05) is 6.54 Å². The lowest BCUT2D eigenvalue weighted by atomic mass is 10.2. The number of imidazole rings is 1. The van der Waals surface area contributed by atoms with Gasteiger partial charge >= 0.3 is 0 Å². The van der Waals surface area contributed by atoms with Crippen molar-refractivity contribution in [3.8, 4) is 0 Å². The molecule has 3 rings (SSSR count). The summed E-state index contributed by atoms with van der Waals surface area (Å²) in [6, 6.07) is 16.7. The highest BCUT2D eigenvalue weighted by Gasteiger charge is 2.23. The Balaban J connectivity index is 2.10. The molecule has 0 radical (unpaired) electrons. The number of fused-ring (bicyclic) bond motifs is 1. The van der Waals surface area contributed by atoms with E-state index in [2.05, 4.69) is 4.98 Å². The largest absolute Gasteiger partial charge is 0.315 e. The molecule has 2 aromatic carbocycles. The minimum absolute atomic E-state index is 0.0306. The first-order chi connectivity index (χ1) is 10.1. The van der Waals surface area contributed by atoms with Crippen LogP contribution in [0, 0.1) is 0 Å². The zero-order valence-electron chi connectivity index (χ0n) is 11.7. The van der Waals surface area contributed by atoms with Crippen molar-refractivity contribution in [2.45, 2.75) is 24.4 Å². The van der Waals surface area contributed by atoms with E-state index < -0.39 is 9.84 Å². The molecule has 5 heteroatoms. The predicted octanol–water partition coefficient (Wildman–Crippen LogP) is 3.03. The van der Waals surface area contributed by atoms with E-state index in [1.54, 1.807) is 4.57 Å². The first-order valence-corrected chi connectivity index (χ1v) is 8.49. The summed E-state index contributed by atoms with van der Waals surface area (Å²) < 4.78 is 27.1. The Hall–Kier alpha value is -2.14. The maximum Gasteiger partial charge on any atom is 0.229 e. The van der Waals surface area contributed by atoms with E-state index >= 15 is 0 Å². The van der Waals surface area contributed by atoms with Gasteiger partial charge < -0.3 is 4.57 Å². The van der Waals surface area contributed by atoms with Gasteiger partial charge in [0.1, 0.15) is 0 Å². The zero-order valence-corrected chi connectivity index (χ0v) is 12.5. The second-order valence-corrected chi connectivity index (χ2v) is 6.76. The fraction of sp³-hybridized carbons (Fsp3) is 0.188. The molecule has 3 aromatic rings. The molecular formula is C16H16N2O2S. The molecule has 0 amide bonds. The number of aryl methyl sites for hydroxylation is 1. The number of hydrogen-bond acceptors (Lipinski definition) is 3. The van der Waals surface area contributed by atoms with E-state index in [-0.39, 0.29) is 10.9 Å².